The first-order chi connectivity index (χ1) is 8.33. The van der Waals surface area contributed by atoms with Crippen LogP contribution in [0.2, 0.25) is 15.1 Å². The van der Waals surface area contributed by atoms with E-state index in [2.05, 4.69) is 26.1 Å². The first kappa shape index (κ1) is 14.5. The van der Waals surface area contributed by atoms with Gasteiger partial charge in [-0.1, -0.05) is 54.7 Å². The van der Waals surface area contributed by atoms with Gasteiger partial charge in [0.2, 0.25) is 0 Å². The van der Waals surface area contributed by atoms with Crippen LogP contribution in [0.3, 0.4) is 0 Å². The van der Waals surface area contributed by atoms with Crippen molar-refractivity contribution < 1.29 is 0 Å². The zero-order valence-corrected chi connectivity index (χ0v) is 13.1. The van der Waals surface area contributed by atoms with E-state index in [0.29, 0.717) is 20.5 Å². The third-order valence-corrected chi connectivity index (χ3v) is 5.23. The normalized spacial score (nSPS) is 22.9. The highest BCUT2D eigenvalue weighted by Gasteiger charge is 2.44. The van der Waals surface area contributed by atoms with E-state index >= 15 is 0 Å². The summed E-state index contributed by atoms with van der Waals surface area (Å²) < 4.78 is 0. The van der Waals surface area contributed by atoms with Gasteiger partial charge in [0.15, 0.2) is 0 Å². The van der Waals surface area contributed by atoms with Crippen molar-refractivity contribution in [3.05, 3.63) is 32.8 Å². The number of rotatable bonds is 4. The van der Waals surface area contributed by atoms with Gasteiger partial charge < -0.3 is 5.32 Å². The minimum Gasteiger partial charge on any atom is -0.310 e. The molecule has 0 amide bonds. The van der Waals surface area contributed by atoms with Gasteiger partial charge in [0.25, 0.3) is 0 Å². The molecule has 1 nitrogen and oxygen atoms in total. The topological polar surface area (TPSA) is 12.0 Å². The van der Waals surface area contributed by atoms with Crippen LogP contribution in [0.1, 0.15) is 38.8 Å². The van der Waals surface area contributed by atoms with Crippen LogP contribution in [0.15, 0.2) is 12.1 Å². The Hall–Kier alpha value is 0.0500. The van der Waals surface area contributed by atoms with Gasteiger partial charge in [0, 0.05) is 6.04 Å². The second kappa shape index (κ2) is 5.20. The molecule has 1 aromatic carbocycles. The molecular weight excluding hydrogens is 289 g/mol. The summed E-state index contributed by atoms with van der Waals surface area (Å²) in [5.74, 6) is 0.765. The van der Waals surface area contributed by atoms with Crippen molar-refractivity contribution in [2.24, 2.45) is 11.3 Å². The molecule has 1 N–H and O–H groups in total. The fraction of sp³-hybridized carbons (Fsp3) is 0.571. The van der Waals surface area contributed by atoms with E-state index in [1.165, 1.54) is 6.42 Å². The molecule has 1 saturated carbocycles. The second-order valence-electron chi connectivity index (χ2n) is 5.78. The van der Waals surface area contributed by atoms with E-state index in [-0.39, 0.29) is 6.04 Å². The molecule has 2 unspecified atom stereocenters. The highest BCUT2D eigenvalue weighted by molar-refractivity contribution is 6.48. The molecule has 4 heteroatoms. The molecule has 0 bridgehead atoms. The van der Waals surface area contributed by atoms with Crippen LogP contribution >= 0.6 is 34.8 Å². The van der Waals surface area contributed by atoms with E-state index in [9.17, 15) is 0 Å². The number of nitrogens with one attached hydrogen (secondary N) is 1. The molecule has 1 aliphatic rings. The van der Waals surface area contributed by atoms with Gasteiger partial charge in [-0.05, 0) is 42.9 Å². The van der Waals surface area contributed by atoms with Crippen molar-refractivity contribution in [1.82, 2.24) is 5.32 Å². The fourth-order valence-electron chi connectivity index (χ4n) is 2.23. The van der Waals surface area contributed by atoms with Crippen LogP contribution in [-0.2, 0) is 0 Å². The lowest BCUT2D eigenvalue weighted by molar-refractivity contribution is 0.485. The lowest BCUT2D eigenvalue weighted by atomic mass is 10.1. The van der Waals surface area contributed by atoms with Crippen molar-refractivity contribution in [2.45, 2.75) is 33.2 Å². The molecule has 0 radical (unpaired) electrons. The van der Waals surface area contributed by atoms with Crippen molar-refractivity contribution in [3.63, 3.8) is 0 Å². The highest BCUT2D eigenvalue weighted by atomic mass is 35.5. The molecule has 1 aliphatic carbocycles. The summed E-state index contributed by atoms with van der Waals surface area (Å²) in [4.78, 5) is 0. The molecular formula is C14H18Cl3N. The maximum atomic E-state index is 6.22. The van der Waals surface area contributed by atoms with Crippen LogP contribution in [0, 0.1) is 11.3 Å². The lowest BCUT2D eigenvalue weighted by Crippen LogP contribution is -2.22. The van der Waals surface area contributed by atoms with Crippen LogP contribution < -0.4 is 5.32 Å². The van der Waals surface area contributed by atoms with E-state index in [1.807, 2.05) is 6.07 Å². The van der Waals surface area contributed by atoms with Gasteiger partial charge in [-0.15, -0.1) is 0 Å². The Kier molecular flexibility index (Phi) is 4.18. The largest absolute Gasteiger partial charge is 0.310 e. The smallest absolute Gasteiger partial charge is 0.0781 e. The minimum absolute atomic E-state index is 0.184. The second-order valence-corrected chi connectivity index (χ2v) is 6.95. The van der Waals surface area contributed by atoms with Crippen LogP contribution in [-0.4, -0.2) is 6.54 Å². The third kappa shape index (κ3) is 2.96. The lowest BCUT2D eigenvalue weighted by Gasteiger charge is -2.17. The molecule has 0 heterocycles. The summed E-state index contributed by atoms with van der Waals surface area (Å²) in [5.41, 5.74) is 1.50. The van der Waals surface area contributed by atoms with Crippen LogP contribution in [0.4, 0.5) is 0 Å². The molecule has 0 saturated heterocycles. The van der Waals surface area contributed by atoms with Crippen molar-refractivity contribution in [1.29, 1.82) is 0 Å². The zero-order valence-electron chi connectivity index (χ0n) is 10.9. The molecule has 2 atom stereocenters. The molecule has 18 heavy (non-hydrogen) atoms. The summed E-state index contributed by atoms with van der Waals surface area (Å²) in [5, 5.41) is 5.01. The Balaban J connectivity index is 2.01. The standard InChI is InChI=1S/C14H18Cl3N/c1-8(18-7-9-6-14(9,2)3)10-4-5-11(15)13(17)12(10)16/h4-5,8-9,18H,6-7H2,1-3H3. The predicted molar refractivity (Wildman–Crippen MR) is 79.8 cm³/mol. The molecule has 0 aromatic heterocycles. The number of benzene rings is 1. The van der Waals surface area contributed by atoms with Gasteiger partial charge in [-0.3, -0.25) is 0 Å². The molecule has 2 rings (SSSR count). The maximum absolute atomic E-state index is 6.22. The zero-order chi connectivity index (χ0) is 13.5. The monoisotopic (exact) mass is 305 g/mol. The number of hydrogen-bond donors (Lipinski definition) is 1. The SMILES string of the molecule is CC(NCC1CC1(C)C)c1ccc(Cl)c(Cl)c1Cl. The molecule has 1 fully saturated rings. The Bertz CT molecular complexity index is 457. The van der Waals surface area contributed by atoms with E-state index in [1.54, 1.807) is 6.07 Å². The summed E-state index contributed by atoms with van der Waals surface area (Å²) in [6.07, 6.45) is 1.29. The Morgan fingerprint density at radius 2 is 1.89 bits per heavy atom. The summed E-state index contributed by atoms with van der Waals surface area (Å²) in [6.45, 7) is 7.72. The Morgan fingerprint density at radius 3 is 2.44 bits per heavy atom. The average Bonchev–Trinajstić information content (AvgIpc) is 2.91. The van der Waals surface area contributed by atoms with Gasteiger partial charge in [0.1, 0.15) is 0 Å². The average molecular weight is 307 g/mol. The maximum Gasteiger partial charge on any atom is 0.0781 e. The first-order valence-corrected chi connectivity index (χ1v) is 7.33. The fourth-order valence-corrected chi connectivity index (χ4v) is 2.94. The van der Waals surface area contributed by atoms with Crippen LogP contribution in [0.25, 0.3) is 0 Å². The minimum atomic E-state index is 0.184. The summed E-state index contributed by atoms with van der Waals surface area (Å²) in [6, 6.07) is 3.92. The summed E-state index contributed by atoms with van der Waals surface area (Å²) in [7, 11) is 0. The van der Waals surface area contributed by atoms with Crippen molar-refractivity contribution in [2.75, 3.05) is 6.54 Å². The number of halogens is 3. The van der Waals surface area contributed by atoms with Gasteiger partial charge in [0.05, 0.1) is 15.1 Å². The molecule has 0 aliphatic heterocycles. The Morgan fingerprint density at radius 1 is 1.28 bits per heavy atom. The molecule has 1 aromatic rings. The summed E-state index contributed by atoms with van der Waals surface area (Å²) >= 11 is 18.2. The highest BCUT2D eigenvalue weighted by Crippen LogP contribution is 2.51. The van der Waals surface area contributed by atoms with Gasteiger partial charge in [-0.25, -0.2) is 0 Å². The van der Waals surface area contributed by atoms with Gasteiger partial charge in [-0.2, -0.15) is 0 Å². The molecule has 100 valence electrons. The quantitative estimate of drug-likeness (QED) is 0.740. The Labute approximate surface area is 124 Å². The van der Waals surface area contributed by atoms with E-state index in [0.717, 1.165) is 18.0 Å². The number of hydrogen-bond acceptors (Lipinski definition) is 1. The predicted octanol–water partition coefficient (Wildman–Crippen LogP) is 5.34. The van der Waals surface area contributed by atoms with E-state index in [4.69, 9.17) is 34.8 Å². The van der Waals surface area contributed by atoms with E-state index < -0.39 is 0 Å². The van der Waals surface area contributed by atoms with Crippen molar-refractivity contribution >= 4 is 34.8 Å². The van der Waals surface area contributed by atoms with Gasteiger partial charge >= 0.3 is 0 Å². The van der Waals surface area contributed by atoms with Crippen molar-refractivity contribution in [3.8, 4) is 0 Å². The third-order valence-electron chi connectivity index (χ3n) is 3.92. The molecule has 0 spiro atoms. The first-order valence-electron chi connectivity index (χ1n) is 6.19. The van der Waals surface area contributed by atoms with Crippen LogP contribution in [0.5, 0.6) is 0 Å².